The summed E-state index contributed by atoms with van der Waals surface area (Å²) in [5.74, 6) is 2.07. The van der Waals surface area contributed by atoms with Crippen LogP contribution in [0.25, 0.3) is 0 Å². The van der Waals surface area contributed by atoms with E-state index in [0.717, 1.165) is 15.8 Å². The number of alkyl halides is 1. The van der Waals surface area contributed by atoms with E-state index in [1.54, 1.807) is 7.05 Å². The van der Waals surface area contributed by atoms with Crippen molar-refractivity contribution >= 4 is 28.6 Å². The van der Waals surface area contributed by atoms with Gasteiger partial charge in [-0.1, -0.05) is 35.4 Å². The number of aliphatic imine (C=N–C) groups is 2. The smallest absolute Gasteiger partial charge is 0.0892 e. The van der Waals surface area contributed by atoms with Crippen LogP contribution in [0.4, 0.5) is 0 Å². The first-order chi connectivity index (χ1) is 9.73. The molecule has 20 heavy (non-hydrogen) atoms. The Morgan fingerprint density at radius 2 is 1.85 bits per heavy atom. The Morgan fingerprint density at radius 1 is 1.05 bits per heavy atom. The summed E-state index contributed by atoms with van der Waals surface area (Å²) in [4.78, 5) is 8.37. The number of rotatable bonds is 1. The number of hydrogen-bond acceptors (Lipinski definition) is 2. The first-order valence-corrected chi connectivity index (χ1v) is 9.66. The summed E-state index contributed by atoms with van der Waals surface area (Å²) in [7, 11) is 1.77. The zero-order valence-corrected chi connectivity index (χ0v) is 14.8. The van der Waals surface area contributed by atoms with Gasteiger partial charge in [-0.2, -0.15) is 0 Å². The molecule has 0 heterocycles. The molecule has 0 bridgehead atoms. The molecule has 3 unspecified atom stereocenters. The first kappa shape index (κ1) is 15.0. The largest absolute Gasteiger partial charge is 0.229 e. The maximum absolute atomic E-state index is 4.48. The molecule has 3 aliphatic rings. The summed E-state index contributed by atoms with van der Waals surface area (Å²) in [5, 5.41) is 0. The molecule has 3 heteroatoms. The molecule has 3 fully saturated rings. The van der Waals surface area contributed by atoms with E-state index in [1.807, 2.05) is 0 Å². The van der Waals surface area contributed by atoms with Crippen LogP contribution in [0.5, 0.6) is 0 Å². The van der Waals surface area contributed by atoms with Crippen molar-refractivity contribution in [3.63, 3.8) is 0 Å². The monoisotopic (exact) mass is 386 g/mol. The maximum Gasteiger partial charge on any atom is 0.0892 e. The fraction of sp³-hybridized carbons (Fsp3) is 0.941. The minimum atomic E-state index is 0.505. The lowest BCUT2D eigenvalue weighted by Gasteiger charge is -2.54. The molecule has 0 saturated heterocycles. The fourth-order valence-electron chi connectivity index (χ4n) is 5.30. The minimum Gasteiger partial charge on any atom is -0.229 e. The summed E-state index contributed by atoms with van der Waals surface area (Å²) in [6, 6.07) is 3.33. The second-order valence-electron chi connectivity index (χ2n) is 7.22. The van der Waals surface area contributed by atoms with Gasteiger partial charge in [-0.15, -0.1) is 0 Å². The van der Waals surface area contributed by atoms with Crippen LogP contribution in [0.2, 0.25) is 0 Å². The molecule has 0 radical (unpaired) electrons. The van der Waals surface area contributed by atoms with Gasteiger partial charge in [0.1, 0.15) is 0 Å². The quantitative estimate of drug-likeness (QED) is 0.339. The lowest BCUT2D eigenvalue weighted by Crippen LogP contribution is -2.45. The molecular weight excluding hydrogens is 359 g/mol. The summed E-state index contributed by atoms with van der Waals surface area (Å²) >= 11 is 2.69. The van der Waals surface area contributed by atoms with Crippen LogP contribution < -0.4 is 0 Å². The number of halogens is 1. The van der Waals surface area contributed by atoms with Crippen molar-refractivity contribution in [3.8, 4) is 0 Å². The molecule has 112 valence electrons. The highest BCUT2D eigenvalue weighted by Gasteiger charge is 2.48. The van der Waals surface area contributed by atoms with Crippen LogP contribution in [0.1, 0.15) is 64.2 Å². The van der Waals surface area contributed by atoms with Crippen molar-refractivity contribution in [1.82, 2.24) is 0 Å². The SMILES string of the molecule is CN=C=NC1CCC2(CCCC3CC(I)CCC32)CC1. The lowest BCUT2D eigenvalue weighted by atomic mass is 9.52. The number of nitrogens with zero attached hydrogens (tertiary/aromatic N) is 2. The molecule has 0 N–H and O–H groups in total. The first-order valence-electron chi connectivity index (χ1n) is 8.41. The Bertz CT molecular complexity index is 392. The molecule has 0 amide bonds. The Morgan fingerprint density at radius 3 is 2.60 bits per heavy atom. The summed E-state index contributed by atoms with van der Waals surface area (Å²) in [6.45, 7) is 0. The van der Waals surface area contributed by atoms with Gasteiger partial charge < -0.3 is 0 Å². The van der Waals surface area contributed by atoms with E-state index in [9.17, 15) is 0 Å². The van der Waals surface area contributed by atoms with Crippen LogP contribution in [0, 0.1) is 17.3 Å². The number of hydrogen-bond donors (Lipinski definition) is 0. The molecule has 3 atom stereocenters. The third kappa shape index (κ3) is 2.99. The minimum absolute atomic E-state index is 0.505. The second kappa shape index (κ2) is 6.48. The number of fused-ring (bicyclic) bond motifs is 2. The third-order valence-corrected chi connectivity index (χ3v) is 7.38. The van der Waals surface area contributed by atoms with E-state index in [4.69, 9.17) is 0 Å². The molecular formula is C17H27IN2. The summed E-state index contributed by atoms with van der Waals surface area (Å²) < 4.78 is 0.950. The van der Waals surface area contributed by atoms with Crippen molar-refractivity contribution in [3.05, 3.63) is 0 Å². The van der Waals surface area contributed by atoms with Crippen molar-refractivity contribution < 1.29 is 0 Å². The molecule has 3 aliphatic carbocycles. The topological polar surface area (TPSA) is 24.7 Å². The van der Waals surface area contributed by atoms with E-state index in [2.05, 4.69) is 38.6 Å². The van der Waals surface area contributed by atoms with Gasteiger partial charge >= 0.3 is 0 Å². The van der Waals surface area contributed by atoms with Crippen LogP contribution in [0.3, 0.4) is 0 Å². The zero-order chi connectivity index (χ0) is 14.0. The predicted octanol–water partition coefficient (Wildman–Crippen LogP) is 5.12. The van der Waals surface area contributed by atoms with Crippen molar-refractivity contribution in [2.75, 3.05) is 7.05 Å². The Labute approximate surface area is 137 Å². The van der Waals surface area contributed by atoms with E-state index in [1.165, 1.54) is 64.2 Å². The molecule has 0 aromatic carbocycles. The second-order valence-corrected chi connectivity index (χ2v) is 8.98. The van der Waals surface area contributed by atoms with E-state index >= 15 is 0 Å². The van der Waals surface area contributed by atoms with Gasteiger partial charge in [-0.25, -0.2) is 9.98 Å². The third-order valence-electron chi connectivity index (χ3n) is 6.25. The van der Waals surface area contributed by atoms with Gasteiger partial charge in [0.25, 0.3) is 0 Å². The van der Waals surface area contributed by atoms with Gasteiger partial charge in [0.15, 0.2) is 0 Å². The Balaban J connectivity index is 1.68. The van der Waals surface area contributed by atoms with Crippen molar-refractivity contribution in [2.24, 2.45) is 27.2 Å². The standard InChI is InChI=1S/C17H27IN2/c1-19-12-20-15-6-9-17(10-7-15)8-2-3-13-11-14(18)4-5-16(13)17/h13-16H,2-11H2,1H3. The highest BCUT2D eigenvalue weighted by atomic mass is 127. The van der Waals surface area contributed by atoms with E-state index in [0.29, 0.717) is 11.5 Å². The molecule has 2 nitrogen and oxygen atoms in total. The van der Waals surface area contributed by atoms with Crippen LogP contribution in [0.15, 0.2) is 9.98 Å². The molecule has 3 rings (SSSR count). The predicted molar refractivity (Wildman–Crippen MR) is 93.0 cm³/mol. The molecule has 0 aliphatic heterocycles. The van der Waals surface area contributed by atoms with Gasteiger partial charge in [0, 0.05) is 11.0 Å². The van der Waals surface area contributed by atoms with Crippen LogP contribution in [-0.2, 0) is 0 Å². The summed E-state index contributed by atoms with van der Waals surface area (Å²) in [5.41, 5.74) is 0.690. The highest BCUT2D eigenvalue weighted by Crippen LogP contribution is 2.58. The van der Waals surface area contributed by atoms with Gasteiger partial charge in [-0.05, 0) is 68.6 Å². The van der Waals surface area contributed by atoms with Crippen molar-refractivity contribution in [2.45, 2.75) is 74.2 Å². The molecule has 1 spiro atoms. The van der Waals surface area contributed by atoms with E-state index in [-0.39, 0.29) is 0 Å². The van der Waals surface area contributed by atoms with Gasteiger partial charge in [0.05, 0.1) is 12.1 Å². The van der Waals surface area contributed by atoms with Gasteiger partial charge in [0.2, 0.25) is 0 Å². The van der Waals surface area contributed by atoms with Crippen LogP contribution in [-0.4, -0.2) is 23.0 Å². The average Bonchev–Trinajstić information content (AvgIpc) is 2.47. The van der Waals surface area contributed by atoms with Crippen molar-refractivity contribution in [1.29, 1.82) is 0 Å². The zero-order valence-electron chi connectivity index (χ0n) is 12.7. The lowest BCUT2D eigenvalue weighted by molar-refractivity contribution is -0.0180. The fourth-order valence-corrected chi connectivity index (χ4v) is 6.31. The summed E-state index contributed by atoms with van der Waals surface area (Å²) in [6.07, 6.45) is 14.3. The molecule has 0 aromatic heterocycles. The average molecular weight is 386 g/mol. The van der Waals surface area contributed by atoms with E-state index < -0.39 is 0 Å². The highest BCUT2D eigenvalue weighted by molar-refractivity contribution is 14.1. The molecule has 3 saturated carbocycles. The Hall–Kier alpha value is 0.110. The van der Waals surface area contributed by atoms with Crippen LogP contribution >= 0.6 is 22.6 Å². The maximum atomic E-state index is 4.48. The Kier molecular flexibility index (Phi) is 4.86. The van der Waals surface area contributed by atoms with Gasteiger partial charge in [-0.3, -0.25) is 0 Å². The normalized spacial score (nSPS) is 44.5. The molecule has 0 aromatic rings.